The number of aromatic nitrogens is 4. The molecule has 0 saturated carbocycles. The lowest BCUT2D eigenvalue weighted by molar-refractivity contribution is -0.389. The molecule has 0 radical (unpaired) electrons. The summed E-state index contributed by atoms with van der Waals surface area (Å²) in [5.74, 6) is -1.43. The van der Waals surface area contributed by atoms with E-state index in [-0.39, 0.29) is 23.3 Å². The monoisotopic (exact) mass is 392 g/mol. The van der Waals surface area contributed by atoms with E-state index in [0.29, 0.717) is 18.7 Å². The van der Waals surface area contributed by atoms with Crippen LogP contribution in [0.1, 0.15) is 56.3 Å². The molecule has 0 spiro atoms. The van der Waals surface area contributed by atoms with Gasteiger partial charge in [-0.15, -0.1) is 0 Å². The van der Waals surface area contributed by atoms with Crippen LogP contribution in [-0.2, 0) is 16.1 Å². The van der Waals surface area contributed by atoms with Gasteiger partial charge in [0, 0.05) is 12.7 Å². The van der Waals surface area contributed by atoms with Crippen LogP contribution in [0.4, 0.5) is 11.5 Å². The maximum Gasteiger partial charge on any atom is 0.390 e. The highest BCUT2D eigenvalue weighted by Gasteiger charge is 2.29. The molecule has 2 rings (SSSR count). The van der Waals surface area contributed by atoms with Crippen molar-refractivity contribution in [2.24, 2.45) is 0 Å². The molecule has 11 nitrogen and oxygen atoms in total. The minimum Gasteiger partial charge on any atom is -0.458 e. The summed E-state index contributed by atoms with van der Waals surface area (Å²) in [6.45, 7) is 9.18. The van der Waals surface area contributed by atoms with Crippen LogP contribution >= 0.6 is 0 Å². The molecule has 0 aliphatic rings. The third kappa shape index (κ3) is 4.53. The van der Waals surface area contributed by atoms with Gasteiger partial charge in [0.25, 0.3) is 5.91 Å². The first kappa shape index (κ1) is 21.1. The van der Waals surface area contributed by atoms with Gasteiger partial charge in [-0.2, -0.15) is 9.78 Å². The van der Waals surface area contributed by atoms with Gasteiger partial charge in [-0.05, 0) is 39.0 Å². The van der Waals surface area contributed by atoms with Crippen LogP contribution in [0.3, 0.4) is 0 Å². The summed E-state index contributed by atoms with van der Waals surface area (Å²) in [4.78, 5) is 35.5. The first-order valence-electron chi connectivity index (χ1n) is 8.97. The zero-order valence-corrected chi connectivity index (χ0v) is 16.5. The summed E-state index contributed by atoms with van der Waals surface area (Å²) in [5.41, 5.74) is 0.703. The number of esters is 1. The fourth-order valence-electron chi connectivity index (χ4n) is 2.66. The Labute approximate surface area is 161 Å². The number of anilines is 1. The summed E-state index contributed by atoms with van der Waals surface area (Å²) in [5, 5.41) is 21.7. The van der Waals surface area contributed by atoms with Gasteiger partial charge in [-0.1, -0.05) is 6.92 Å². The first-order valence-corrected chi connectivity index (χ1v) is 8.97. The van der Waals surface area contributed by atoms with Crippen LogP contribution < -0.4 is 5.32 Å². The summed E-state index contributed by atoms with van der Waals surface area (Å²) in [7, 11) is 0. The molecule has 1 amide bonds. The highest BCUT2D eigenvalue weighted by Crippen LogP contribution is 2.22. The Morgan fingerprint density at radius 2 is 2.00 bits per heavy atom. The van der Waals surface area contributed by atoms with Gasteiger partial charge in [-0.3, -0.25) is 9.48 Å². The molecule has 0 aliphatic heterocycles. The summed E-state index contributed by atoms with van der Waals surface area (Å²) in [6, 6.07) is 0.517. The predicted octanol–water partition coefficient (Wildman–Crippen LogP) is 2.47. The number of carbonyl (C=O) groups is 2. The summed E-state index contributed by atoms with van der Waals surface area (Å²) < 4.78 is 8.00. The molecule has 1 N–H and O–H groups in total. The Balaban J connectivity index is 2.31. The number of nitro groups is 1. The number of aryl methyl sites for hydroxylation is 2. The Morgan fingerprint density at radius 1 is 1.32 bits per heavy atom. The van der Waals surface area contributed by atoms with Gasteiger partial charge in [0.15, 0.2) is 11.7 Å². The molecule has 1 unspecified atom stereocenters. The van der Waals surface area contributed by atoms with E-state index in [0.717, 1.165) is 0 Å². The van der Waals surface area contributed by atoms with Gasteiger partial charge in [0.1, 0.15) is 0 Å². The van der Waals surface area contributed by atoms with E-state index in [1.165, 1.54) is 15.4 Å². The van der Waals surface area contributed by atoms with Gasteiger partial charge in [0.2, 0.25) is 0 Å². The van der Waals surface area contributed by atoms with Crippen molar-refractivity contribution in [1.82, 2.24) is 19.6 Å². The van der Waals surface area contributed by atoms with E-state index in [2.05, 4.69) is 15.5 Å². The number of nitrogens with zero attached hydrogens (tertiary/aromatic N) is 5. The maximum atomic E-state index is 12.8. The van der Waals surface area contributed by atoms with Crippen LogP contribution in [0, 0.1) is 17.0 Å². The number of carbonyl (C=O) groups excluding carboxylic acids is 2. The molecule has 0 fully saturated rings. The Kier molecular flexibility index (Phi) is 6.49. The van der Waals surface area contributed by atoms with Crippen LogP contribution in [0.5, 0.6) is 0 Å². The molecule has 0 aliphatic carbocycles. The number of nitrogens with one attached hydrogen (secondary N) is 1. The van der Waals surface area contributed by atoms with E-state index in [4.69, 9.17) is 4.74 Å². The Morgan fingerprint density at radius 3 is 2.50 bits per heavy atom. The van der Waals surface area contributed by atoms with E-state index < -0.39 is 22.8 Å². The average molecular weight is 392 g/mol. The van der Waals surface area contributed by atoms with Crippen LogP contribution in [0.2, 0.25) is 0 Å². The lowest BCUT2D eigenvalue weighted by Gasteiger charge is -2.14. The zero-order valence-electron chi connectivity index (χ0n) is 16.5. The molecule has 11 heteroatoms. The fourth-order valence-corrected chi connectivity index (χ4v) is 2.66. The Hall–Kier alpha value is -3.24. The second-order valence-electron chi connectivity index (χ2n) is 6.46. The highest BCUT2D eigenvalue weighted by molar-refractivity contribution is 6.01. The molecule has 0 aromatic carbocycles. The van der Waals surface area contributed by atoms with E-state index >= 15 is 0 Å². The Bertz CT molecular complexity index is 885. The van der Waals surface area contributed by atoms with Crippen molar-refractivity contribution >= 4 is 23.4 Å². The zero-order chi connectivity index (χ0) is 21.0. The first-order chi connectivity index (χ1) is 13.2. The van der Waals surface area contributed by atoms with Crippen LogP contribution in [0.25, 0.3) is 0 Å². The molecule has 1 atom stereocenters. The second-order valence-corrected chi connectivity index (χ2v) is 6.46. The van der Waals surface area contributed by atoms with Crippen LogP contribution in [0.15, 0.2) is 12.3 Å². The molecule has 28 heavy (non-hydrogen) atoms. The third-order valence-corrected chi connectivity index (χ3v) is 3.96. The molecule has 0 bridgehead atoms. The highest BCUT2D eigenvalue weighted by atomic mass is 16.6. The molecule has 0 saturated heterocycles. The van der Waals surface area contributed by atoms with E-state index in [1.54, 1.807) is 33.9 Å². The normalized spacial score (nSPS) is 12.1. The van der Waals surface area contributed by atoms with Crippen molar-refractivity contribution in [3.63, 3.8) is 0 Å². The minimum absolute atomic E-state index is 0.00178. The largest absolute Gasteiger partial charge is 0.458 e. The predicted molar refractivity (Wildman–Crippen MR) is 100 cm³/mol. The number of rotatable bonds is 8. The molecular weight excluding hydrogens is 368 g/mol. The molecular formula is C17H24N6O5. The smallest absolute Gasteiger partial charge is 0.390 e. The quantitative estimate of drug-likeness (QED) is 0.414. The van der Waals surface area contributed by atoms with Crippen LogP contribution in [-0.4, -0.2) is 42.5 Å². The SMILES string of the molecule is CCC(C(=O)Nc1cn(CC)nc1C(=O)OC(C)C)n1nc([N+](=O)[O-])cc1C. The van der Waals surface area contributed by atoms with Crippen molar-refractivity contribution in [3.8, 4) is 0 Å². The summed E-state index contributed by atoms with van der Waals surface area (Å²) >= 11 is 0. The number of amides is 1. The molecule has 2 aromatic rings. The van der Waals surface area contributed by atoms with Crippen molar-refractivity contribution in [2.75, 3.05) is 5.32 Å². The second kappa shape index (κ2) is 8.63. The lowest BCUT2D eigenvalue weighted by atomic mass is 10.2. The lowest BCUT2D eigenvalue weighted by Crippen LogP contribution is -2.28. The summed E-state index contributed by atoms with van der Waals surface area (Å²) in [6.07, 6.45) is 1.55. The maximum absolute atomic E-state index is 12.8. The average Bonchev–Trinajstić information content (AvgIpc) is 3.19. The van der Waals surface area contributed by atoms with E-state index in [9.17, 15) is 19.7 Å². The number of hydrogen-bond acceptors (Lipinski definition) is 7. The number of ether oxygens (including phenoxy) is 1. The topological polar surface area (TPSA) is 134 Å². The number of hydrogen-bond donors (Lipinski definition) is 1. The van der Waals surface area contributed by atoms with Crippen molar-refractivity contribution in [3.05, 3.63) is 33.8 Å². The van der Waals surface area contributed by atoms with Crippen molar-refractivity contribution in [1.29, 1.82) is 0 Å². The van der Waals surface area contributed by atoms with Crippen molar-refractivity contribution in [2.45, 2.75) is 59.7 Å². The third-order valence-electron chi connectivity index (χ3n) is 3.96. The molecule has 152 valence electrons. The minimum atomic E-state index is -0.785. The van der Waals surface area contributed by atoms with Gasteiger partial charge < -0.3 is 20.2 Å². The van der Waals surface area contributed by atoms with Gasteiger partial charge in [0.05, 0.1) is 28.7 Å². The van der Waals surface area contributed by atoms with Crippen molar-refractivity contribution < 1.29 is 19.2 Å². The van der Waals surface area contributed by atoms with Gasteiger partial charge in [-0.25, -0.2) is 4.79 Å². The molecule has 2 heterocycles. The van der Waals surface area contributed by atoms with Gasteiger partial charge >= 0.3 is 11.8 Å². The van der Waals surface area contributed by atoms with E-state index in [1.807, 2.05) is 6.92 Å². The fraction of sp³-hybridized carbons (Fsp3) is 0.529. The molecule has 2 aromatic heterocycles. The standard InChI is InChI=1S/C17H24N6O5/c1-6-13(22-11(5)8-14(19-22)23(26)27)16(24)18-12-9-21(7-2)20-15(12)17(25)28-10(3)4/h8-10,13H,6-7H2,1-5H3,(H,18,24).